The van der Waals surface area contributed by atoms with Crippen molar-refractivity contribution < 1.29 is 4.79 Å². The molecule has 0 spiro atoms. The summed E-state index contributed by atoms with van der Waals surface area (Å²) in [6, 6.07) is 3.91. The van der Waals surface area contributed by atoms with Crippen LogP contribution in [-0.4, -0.2) is 48.3 Å². The Hall–Kier alpha value is -2.70. The summed E-state index contributed by atoms with van der Waals surface area (Å²) in [6.07, 6.45) is 7.78. The molecule has 3 aromatic rings. The lowest BCUT2D eigenvalue weighted by Crippen LogP contribution is -2.40. The second-order valence-corrected chi connectivity index (χ2v) is 6.44. The second-order valence-electron chi connectivity index (χ2n) is 6.44. The molecule has 0 radical (unpaired) electrons. The molecule has 1 aliphatic heterocycles. The van der Waals surface area contributed by atoms with Crippen molar-refractivity contribution in [2.45, 2.75) is 32.7 Å². The summed E-state index contributed by atoms with van der Waals surface area (Å²) in [5.41, 5.74) is 2.57. The van der Waals surface area contributed by atoms with Crippen LogP contribution in [0.1, 0.15) is 40.6 Å². The van der Waals surface area contributed by atoms with Crippen LogP contribution in [0.5, 0.6) is 0 Å². The van der Waals surface area contributed by atoms with E-state index in [0.717, 1.165) is 36.4 Å². The van der Waals surface area contributed by atoms with Crippen molar-refractivity contribution in [2.24, 2.45) is 0 Å². The molecule has 3 aromatic heterocycles. The number of aromatic nitrogens is 5. The van der Waals surface area contributed by atoms with Crippen LogP contribution in [0, 0.1) is 13.8 Å². The molecule has 1 atom stereocenters. The molecule has 0 aliphatic carbocycles. The van der Waals surface area contributed by atoms with E-state index in [2.05, 4.69) is 15.3 Å². The Morgan fingerprint density at radius 1 is 1.21 bits per heavy atom. The van der Waals surface area contributed by atoms with Gasteiger partial charge in [-0.2, -0.15) is 5.10 Å². The molecule has 124 valence electrons. The Morgan fingerprint density at radius 2 is 2.08 bits per heavy atom. The minimum Gasteiger partial charge on any atom is -0.336 e. The number of aryl methyl sites for hydroxylation is 2. The second kappa shape index (κ2) is 5.74. The summed E-state index contributed by atoms with van der Waals surface area (Å²) in [5, 5.41) is 12.5. The molecule has 7 heteroatoms. The fraction of sp³-hybridized carbons (Fsp3) is 0.412. The summed E-state index contributed by atoms with van der Waals surface area (Å²) < 4.78 is 3.84. The van der Waals surface area contributed by atoms with Crippen molar-refractivity contribution in [3.8, 4) is 0 Å². The zero-order valence-electron chi connectivity index (χ0n) is 13.9. The molecule has 24 heavy (non-hydrogen) atoms. The number of pyridine rings is 1. The van der Waals surface area contributed by atoms with Crippen molar-refractivity contribution in [2.75, 3.05) is 13.1 Å². The largest absolute Gasteiger partial charge is 0.336 e. The van der Waals surface area contributed by atoms with E-state index in [9.17, 15) is 4.79 Å². The quantitative estimate of drug-likeness (QED) is 0.723. The number of rotatable bonds is 2. The number of carbonyl (C=O) groups is 1. The number of nitrogens with zero attached hydrogens (tertiary/aromatic N) is 6. The molecule has 1 fully saturated rings. The van der Waals surface area contributed by atoms with Gasteiger partial charge in [0.2, 0.25) is 0 Å². The van der Waals surface area contributed by atoms with Gasteiger partial charge < -0.3 is 4.90 Å². The number of hydrogen-bond donors (Lipinski definition) is 0. The van der Waals surface area contributed by atoms with E-state index in [-0.39, 0.29) is 11.9 Å². The monoisotopic (exact) mass is 324 g/mol. The highest BCUT2D eigenvalue weighted by Crippen LogP contribution is 2.23. The van der Waals surface area contributed by atoms with Gasteiger partial charge in [-0.1, -0.05) is 0 Å². The maximum absolute atomic E-state index is 12.9. The third-order valence-electron chi connectivity index (χ3n) is 4.61. The molecule has 1 aliphatic rings. The highest BCUT2D eigenvalue weighted by Gasteiger charge is 2.26. The van der Waals surface area contributed by atoms with Gasteiger partial charge in [0.15, 0.2) is 5.65 Å². The lowest BCUT2D eigenvalue weighted by molar-refractivity contribution is 0.0672. The first-order chi connectivity index (χ1) is 11.6. The molecule has 7 nitrogen and oxygen atoms in total. The predicted molar refractivity (Wildman–Crippen MR) is 88.9 cm³/mol. The van der Waals surface area contributed by atoms with Crippen LogP contribution in [0.15, 0.2) is 30.7 Å². The van der Waals surface area contributed by atoms with Gasteiger partial charge in [-0.15, -0.1) is 10.2 Å². The minimum absolute atomic E-state index is 0.0542. The van der Waals surface area contributed by atoms with Gasteiger partial charge in [0.05, 0.1) is 17.8 Å². The molecule has 1 amide bonds. The number of fused-ring (bicyclic) bond motifs is 1. The van der Waals surface area contributed by atoms with Gasteiger partial charge in [-0.05, 0) is 44.4 Å². The average molecular weight is 324 g/mol. The normalized spacial score (nSPS) is 18.2. The Kier molecular flexibility index (Phi) is 3.55. The molecular weight excluding hydrogens is 304 g/mol. The average Bonchev–Trinajstić information content (AvgIpc) is 3.20. The summed E-state index contributed by atoms with van der Waals surface area (Å²) in [4.78, 5) is 14.8. The Bertz CT molecular complexity index is 896. The molecule has 4 heterocycles. The third-order valence-corrected chi connectivity index (χ3v) is 4.61. The zero-order valence-corrected chi connectivity index (χ0v) is 13.9. The van der Waals surface area contributed by atoms with Crippen molar-refractivity contribution >= 4 is 11.6 Å². The third kappa shape index (κ3) is 2.55. The van der Waals surface area contributed by atoms with Crippen LogP contribution in [0.2, 0.25) is 0 Å². The van der Waals surface area contributed by atoms with Crippen molar-refractivity contribution in [3.05, 3.63) is 47.7 Å². The van der Waals surface area contributed by atoms with Gasteiger partial charge in [0.25, 0.3) is 5.91 Å². The first kappa shape index (κ1) is 14.9. The lowest BCUT2D eigenvalue weighted by Gasteiger charge is -2.33. The fourth-order valence-electron chi connectivity index (χ4n) is 3.30. The van der Waals surface area contributed by atoms with Gasteiger partial charge >= 0.3 is 0 Å². The van der Waals surface area contributed by atoms with Gasteiger partial charge in [0.1, 0.15) is 5.82 Å². The maximum atomic E-state index is 12.9. The number of amides is 1. The molecule has 0 N–H and O–H groups in total. The smallest absolute Gasteiger partial charge is 0.255 e. The Morgan fingerprint density at radius 3 is 2.88 bits per heavy atom. The Balaban J connectivity index is 1.57. The highest BCUT2D eigenvalue weighted by atomic mass is 16.2. The van der Waals surface area contributed by atoms with Crippen LogP contribution >= 0.6 is 0 Å². The van der Waals surface area contributed by atoms with E-state index < -0.39 is 0 Å². The number of carbonyl (C=O) groups excluding carboxylic acids is 1. The molecule has 1 saturated heterocycles. The van der Waals surface area contributed by atoms with Gasteiger partial charge in [0, 0.05) is 25.5 Å². The Labute approximate surface area is 139 Å². The topological polar surface area (TPSA) is 68.3 Å². The molecular formula is C17H20N6O. The lowest BCUT2D eigenvalue weighted by atomic mass is 10.0. The van der Waals surface area contributed by atoms with E-state index in [0.29, 0.717) is 12.1 Å². The molecule has 1 unspecified atom stereocenters. The number of piperidine rings is 1. The fourth-order valence-corrected chi connectivity index (χ4v) is 3.30. The summed E-state index contributed by atoms with van der Waals surface area (Å²) in [5.74, 6) is 0.835. The van der Waals surface area contributed by atoms with Crippen LogP contribution < -0.4 is 0 Å². The van der Waals surface area contributed by atoms with Crippen LogP contribution in [0.4, 0.5) is 0 Å². The van der Waals surface area contributed by atoms with E-state index in [1.54, 1.807) is 0 Å². The summed E-state index contributed by atoms with van der Waals surface area (Å²) in [7, 11) is 0. The predicted octanol–water partition coefficient (Wildman–Crippen LogP) is 2.02. The van der Waals surface area contributed by atoms with Crippen LogP contribution in [-0.2, 0) is 0 Å². The van der Waals surface area contributed by atoms with Crippen molar-refractivity contribution in [1.82, 2.24) is 29.3 Å². The van der Waals surface area contributed by atoms with Crippen molar-refractivity contribution in [3.63, 3.8) is 0 Å². The summed E-state index contributed by atoms with van der Waals surface area (Å²) >= 11 is 0. The standard InChI is InChI=1S/C17H20N6O/c1-12-8-18-23(9-12)15-4-3-7-21(11-15)17(24)14-5-6-16-20-19-13(2)22(16)10-14/h5-6,8-10,15H,3-4,7,11H2,1-2H3. The van der Waals surface area contributed by atoms with Gasteiger partial charge in [-0.25, -0.2) is 0 Å². The van der Waals surface area contributed by atoms with Gasteiger partial charge in [-0.3, -0.25) is 13.9 Å². The SMILES string of the molecule is Cc1cnn(C2CCCN(C(=O)c3ccc4nnc(C)n4c3)C2)c1. The maximum Gasteiger partial charge on any atom is 0.255 e. The zero-order chi connectivity index (χ0) is 16.7. The first-order valence-electron chi connectivity index (χ1n) is 8.23. The minimum atomic E-state index is 0.0542. The van der Waals surface area contributed by atoms with E-state index >= 15 is 0 Å². The first-order valence-corrected chi connectivity index (χ1v) is 8.23. The van der Waals surface area contributed by atoms with Crippen molar-refractivity contribution in [1.29, 1.82) is 0 Å². The van der Waals surface area contributed by atoms with E-state index in [4.69, 9.17) is 0 Å². The van der Waals surface area contributed by atoms with E-state index in [1.807, 2.05) is 58.6 Å². The van der Waals surface area contributed by atoms with Crippen LogP contribution in [0.25, 0.3) is 5.65 Å². The number of hydrogen-bond acceptors (Lipinski definition) is 4. The van der Waals surface area contributed by atoms with E-state index in [1.165, 1.54) is 0 Å². The number of likely N-dealkylation sites (tertiary alicyclic amines) is 1. The molecule has 4 rings (SSSR count). The summed E-state index contributed by atoms with van der Waals surface area (Å²) in [6.45, 7) is 5.39. The molecule has 0 saturated carbocycles. The molecule has 0 bridgehead atoms. The molecule has 0 aromatic carbocycles. The van der Waals surface area contributed by atoms with Crippen LogP contribution in [0.3, 0.4) is 0 Å². The highest BCUT2D eigenvalue weighted by molar-refractivity contribution is 5.94.